The van der Waals surface area contributed by atoms with Crippen LogP contribution in [-0.2, 0) is 6.54 Å². The lowest BCUT2D eigenvalue weighted by molar-refractivity contribution is 0.266. The van der Waals surface area contributed by atoms with Gasteiger partial charge in [0, 0.05) is 4.47 Å². The van der Waals surface area contributed by atoms with E-state index in [4.69, 9.17) is 9.15 Å². The summed E-state index contributed by atoms with van der Waals surface area (Å²) in [5, 5.41) is 8.40. The van der Waals surface area contributed by atoms with Gasteiger partial charge in [-0.05, 0) is 47.1 Å². The number of rotatable bonds is 3. The molecule has 0 amide bonds. The Morgan fingerprint density at radius 3 is 2.79 bits per heavy atom. The van der Waals surface area contributed by atoms with Crippen LogP contribution in [0.5, 0.6) is 5.75 Å². The van der Waals surface area contributed by atoms with E-state index in [9.17, 15) is 0 Å². The minimum absolute atomic E-state index is 0.235. The summed E-state index contributed by atoms with van der Waals surface area (Å²) in [5.41, 5.74) is 1.95. The highest BCUT2D eigenvalue weighted by Crippen LogP contribution is 2.35. The summed E-state index contributed by atoms with van der Waals surface area (Å²) in [6.45, 7) is 3.32. The van der Waals surface area contributed by atoms with Gasteiger partial charge >= 0.3 is 0 Å². The number of para-hydroxylation sites is 2. The Morgan fingerprint density at radius 1 is 1.12 bits per heavy atom. The molecule has 0 fully saturated rings. The summed E-state index contributed by atoms with van der Waals surface area (Å²) >= 11 is 3.52. The van der Waals surface area contributed by atoms with Gasteiger partial charge in [0.2, 0.25) is 11.8 Å². The molecule has 0 radical (unpaired) electrons. The van der Waals surface area contributed by atoms with Crippen LogP contribution in [0.4, 0.5) is 5.69 Å². The molecule has 24 heavy (non-hydrogen) atoms. The molecule has 0 saturated heterocycles. The molecule has 0 spiro atoms. The maximum atomic E-state index is 5.88. The van der Waals surface area contributed by atoms with Crippen molar-refractivity contribution in [1.29, 1.82) is 0 Å². The lowest BCUT2D eigenvalue weighted by Crippen LogP contribution is -2.40. The molecule has 2 aromatic carbocycles. The Balaban J connectivity index is 1.62. The fraction of sp³-hybridized carbons (Fsp3) is 0.222. The molecular weight excluding hydrogens is 370 g/mol. The standard InChI is InChI=1S/C18H16BrN3O2/c1-12-11-23-16-9-5-4-8-15(16)22(12)10-17-20-21-18(24-17)13-6-2-3-7-14(13)19/h2-9,12H,10-11H2,1H3/t12-/m1/s1. The molecule has 3 aromatic rings. The van der Waals surface area contributed by atoms with Crippen LogP contribution in [0.3, 0.4) is 0 Å². The molecule has 0 bridgehead atoms. The third kappa shape index (κ3) is 2.78. The lowest BCUT2D eigenvalue weighted by Gasteiger charge is -2.35. The van der Waals surface area contributed by atoms with E-state index in [1.165, 1.54) is 0 Å². The molecule has 122 valence electrons. The molecule has 6 heteroatoms. The second kappa shape index (κ2) is 6.28. The van der Waals surface area contributed by atoms with Crippen molar-refractivity contribution in [2.45, 2.75) is 19.5 Å². The van der Waals surface area contributed by atoms with Crippen molar-refractivity contribution in [3.05, 3.63) is 58.9 Å². The molecule has 1 atom stereocenters. The van der Waals surface area contributed by atoms with Crippen molar-refractivity contribution < 1.29 is 9.15 Å². The van der Waals surface area contributed by atoms with E-state index in [1.54, 1.807) is 0 Å². The maximum Gasteiger partial charge on any atom is 0.248 e. The zero-order chi connectivity index (χ0) is 16.5. The van der Waals surface area contributed by atoms with Crippen molar-refractivity contribution in [2.24, 2.45) is 0 Å². The average molecular weight is 386 g/mol. The summed E-state index contributed by atoms with van der Waals surface area (Å²) in [5.74, 6) is 2.00. The molecule has 0 N–H and O–H groups in total. The third-order valence-corrected chi connectivity index (χ3v) is 4.76. The second-order valence-corrected chi connectivity index (χ2v) is 6.59. The number of halogens is 1. The Hall–Kier alpha value is -2.34. The molecule has 1 aliphatic heterocycles. The highest BCUT2D eigenvalue weighted by atomic mass is 79.9. The number of anilines is 1. The molecular formula is C18H16BrN3O2. The predicted octanol–water partition coefficient (Wildman–Crippen LogP) is 4.29. The number of hydrogen-bond donors (Lipinski definition) is 0. The van der Waals surface area contributed by atoms with Crippen LogP contribution in [0.15, 0.2) is 57.4 Å². The van der Waals surface area contributed by atoms with Gasteiger partial charge in [0.25, 0.3) is 0 Å². The minimum Gasteiger partial charge on any atom is -0.489 e. The Bertz CT molecular complexity index is 865. The van der Waals surface area contributed by atoms with Gasteiger partial charge in [0.05, 0.1) is 23.8 Å². The van der Waals surface area contributed by atoms with E-state index >= 15 is 0 Å². The largest absolute Gasteiger partial charge is 0.489 e. The topological polar surface area (TPSA) is 51.4 Å². The van der Waals surface area contributed by atoms with Gasteiger partial charge < -0.3 is 14.1 Å². The monoisotopic (exact) mass is 385 g/mol. The number of benzene rings is 2. The Labute approximate surface area is 148 Å². The van der Waals surface area contributed by atoms with Crippen molar-refractivity contribution in [1.82, 2.24) is 10.2 Å². The smallest absolute Gasteiger partial charge is 0.248 e. The fourth-order valence-corrected chi connectivity index (χ4v) is 3.26. The van der Waals surface area contributed by atoms with Crippen LogP contribution >= 0.6 is 15.9 Å². The summed E-state index contributed by atoms with van der Waals surface area (Å²) < 4.78 is 12.6. The summed E-state index contributed by atoms with van der Waals surface area (Å²) in [7, 11) is 0. The first-order chi connectivity index (χ1) is 11.7. The predicted molar refractivity (Wildman–Crippen MR) is 95.0 cm³/mol. The highest BCUT2D eigenvalue weighted by molar-refractivity contribution is 9.10. The lowest BCUT2D eigenvalue weighted by atomic mass is 10.1. The summed E-state index contributed by atoms with van der Waals surface area (Å²) in [4.78, 5) is 2.23. The van der Waals surface area contributed by atoms with Crippen LogP contribution in [0.1, 0.15) is 12.8 Å². The second-order valence-electron chi connectivity index (χ2n) is 5.74. The van der Waals surface area contributed by atoms with Gasteiger partial charge in [-0.15, -0.1) is 10.2 Å². The Morgan fingerprint density at radius 2 is 1.92 bits per heavy atom. The van der Waals surface area contributed by atoms with Crippen molar-refractivity contribution in [3.63, 3.8) is 0 Å². The van der Waals surface area contributed by atoms with Crippen molar-refractivity contribution in [3.8, 4) is 17.2 Å². The van der Waals surface area contributed by atoms with E-state index in [-0.39, 0.29) is 6.04 Å². The third-order valence-electron chi connectivity index (χ3n) is 4.06. The Kier molecular flexibility index (Phi) is 3.98. The molecule has 2 heterocycles. The van der Waals surface area contributed by atoms with Crippen LogP contribution < -0.4 is 9.64 Å². The first-order valence-corrected chi connectivity index (χ1v) is 8.57. The summed E-state index contributed by atoms with van der Waals surface area (Å²) in [6.07, 6.45) is 0. The van der Waals surface area contributed by atoms with Gasteiger partial charge in [0.1, 0.15) is 12.4 Å². The fourth-order valence-electron chi connectivity index (χ4n) is 2.80. The van der Waals surface area contributed by atoms with E-state index in [0.717, 1.165) is 21.5 Å². The van der Waals surface area contributed by atoms with Gasteiger partial charge in [-0.2, -0.15) is 0 Å². The van der Waals surface area contributed by atoms with Gasteiger partial charge in [-0.25, -0.2) is 0 Å². The first-order valence-electron chi connectivity index (χ1n) is 7.78. The van der Waals surface area contributed by atoms with Gasteiger partial charge in [-0.1, -0.05) is 24.3 Å². The summed E-state index contributed by atoms with van der Waals surface area (Å²) in [6, 6.07) is 16.1. The van der Waals surface area contributed by atoms with Gasteiger partial charge in [-0.3, -0.25) is 0 Å². The molecule has 4 rings (SSSR count). The molecule has 5 nitrogen and oxygen atoms in total. The van der Waals surface area contributed by atoms with Crippen LogP contribution in [-0.4, -0.2) is 22.8 Å². The highest BCUT2D eigenvalue weighted by Gasteiger charge is 2.26. The van der Waals surface area contributed by atoms with E-state index < -0.39 is 0 Å². The van der Waals surface area contributed by atoms with E-state index in [1.807, 2.05) is 42.5 Å². The number of aromatic nitrogens is 2. The maximum absolute atomic E-state index is 5.88. The number of nitrogens with zero attached hydrogens (tertiary/aromatic N) is 3. The zero-order valence-corrected chi connectivity index (χ0v) is 14.7. The van der Waals surface area contributed by atoms with Crippen LogP contribution in [0.2, 0.25) is 0 Å². The van der Waals surface area contributed by atoms with Crippen LogP contribution in [0.25, 0.3) is 11.5 Å². The van der Waals surface area contributed by atoms with Crippen LogP contribution in [0, 0.1) is 0 Å². The molecule has 0 unspecified atom stereocenters. The SMILES string of the molecule is C[C@@H]1COc2ccccc2N1Cc1nnc(-c2ccccc2Br)o1. The van der Waals surface area contributed by atoms with Crippen molar-refractivity contribution in [2.75, 3.05) is 11.5 Å². The van der Waals surface area contributed by atoms with Gasteiger partial charge in [0.15, 0.2) is 0 Å². The van der Waals surface area contributed by atoms with Crippen molar-refractivity contribution >= 4 is 21.6 Å². The van der Waals surface area contributed by atoms with E-state index in [0.29, 0.717) is 24.9 Å². The first kappa shape index (κ1) is 15.2. The number of hydrogen-bond acceptors (Lipinski definition) is 5. The minimum atomic E-state index is 0.235. The molecule has 1 aromatic heterocycles. The molecule has 0 aliphatic carbocycles. The normalized spacial score (nSPS) is 16.6. The quantitative estimate of drug-likeness (QED) is 0.672. The number of ether oxygens (including phenoxy) is 1. The zero-order valence-electron chi connectivity index (χ0n) is 13.1. The number of fused-ring (bicyclic) bond motifs is 1. The average Bonchev–Trinajstić information content (AvgIpc) is 3.06. The molecule has 1 aliphatic rings. The molecule has 0 saturated carbocycles. The van der Waals surface area contributed by atoms with E-state index in [2.05, 4.69) is 44.0 Å².